The van der Waals surface area contributed by atoms with Gasteiger partial charge >= 0.3 is 0 Å². The summed E-state index contributed by atoms with van der Waals surface area (Å²) in [6.07, 6.45) is 3.57. The number of nitrogens with zero attached hydrogens (tertiary/aromatic N) is 3. The van der Waals surface area contributed by atoms with Crippen LogP contribution in [0, 0.1) is 0 Å². The lowest BCUT2D eigenvalue weighted by Crippen LogP contribution is -2.29. The Morgan fingerprint density at radius 2 is 1.91 bits per heavy atom. The summed E-state index contributed by atoms with van der Waals surface area (Å²) in [6, 6.07) is 15.6. The zero-order valence-electron chi connectivity index (χ0n) is 19.8. The second-order valence-corrected chi connectivity index (χ2v) is 8.91. The molecule has 180 valence electrons. The number of benzene rings is 2. The number of nitrogens with one attached hydrogen (secondary N) is 1. The van der Waals surface area contributed by atoms with Crippen LogP contribution < -0.4 is 15.6 Å². The van der Waals surface area contributed by atoms with Crippen molar-refractivity contribution >= 4 is 28.6 Å². The summed E-state index contributed by atoms with van der Waals surface area (Å²) in [5.41, 5.74) is 3.51. The van der Waals surface area contributed by atoms with Crippen LogP contribution in [0.25, 0.3) is 33.3 Å². The molecule has 0 aliphatic carbocycles. The number of hydrogen-bond acceptors (Lipinski definition) is 6. The minimum atomic E-state index is -0.136. The van der Waals surface area contributed by atoms with Gasteiger partial charge in [-0.05, 0) is 43.5 Å². The van der Waals surface area contributed by atoms with Crippen molar-refractivity contribution < 1.29 is 9.47 Å². The maximum Gasteiger partial charge on any atom is 0.260 e. The number of pyridine rings is 1. The van der Waals surface area contributed by atoms with E-state index < -0.39 is 0 Å². The molecule has 0 atom stereocenters. The van der Waals surface area contributed by atoms with Crippen molar-refractivity contribution in [3.8, 4) is 28.0 Å². The first-order valence-electron chi connectivity index (χ1n) is 11.8. The van der Waals surface area contributed by atoms with Crippen LogP contribution in [0.4, 0.5) is 5.95 Å². The van der Waals surface area contributed by atoms with Crippen molar-refractivity contribution in [1.29, 1.82) is 0 Å². The average molecular weight is 491 g/mol. The molecule has 35 heavy (non-hydrogen) atoms. The molecule has 7 nitrogen and oxygen atoms in total. The molecule has 0 saturated carbocycles. The molecule has 1 aliphatic rings. The predicted octanol–water partition coefficient (Wildman–Crippen LogP) is 5.40. The Hall–Kier alpha value is -3.42. The van der Waals surface area contributed by atoms with Crippen LogP contribution in [0.2, 0.25) is 5.02 Å². The summed E-state index contributed by atoms with van der Waals surface area (Å²) < 4.78 is 12.6. The molecule has 2 aromatic carbocycles. The van der Waals surface area contributed by atoms with Gasteiger partial charge in [-0.2, -0.15) is 4.98 Å². The molecule has 1 fully saturated rings. The van der Waals surface area contributed by atoms with Gasteiger partial charge in [0.15, 0.2) is 0 Å². The van der Waals surface area contributed by atoms with Crippen LogP contribution in [-0.2, 0) is 11.3 Å². The fourth-order valence-corrected chi connectivity index (χ4v) is 4.81. The Kier molecular flexibility index (Phi) is 6.70. The van der Waals surface area contributed by atoms with Gasteiger partial charge in [-0.25, -0.2) is 4.98 Å². The summed E-state index contributed by atoms with van der Waals surface area (Å²) in [5.74, 6) is 1.29. The number of para-hydroxylation sites is 1. The van der Waals surface area contributed by atoms with Crippen molar-refractivity contribution in [3.05, 3.63) is 70.1 Å². The number of aromatic nitrogens is 3. The molecular formula is C27H27ClN4O3. The lowest BCUT2D eigenvalue weighted by molar-refractivity contribution is 0.0903. The second-order valence-electron chi connectivity index (χ2n) is 8.51. The van der Waals surface area contributed by atoms with E-state index in [2.05, 4.69) is 15.3 Å². The number of methoxy groups -OCH3 is 1. The van der Waals surface area contributed by atoms with Crippen LogP contribution >= 0.6 is 11.6 Å². The third kappa shape index (κ3) is 4.61. The number of anilines is 1. The molecule has 1 saturated heterocycles. The molecule has 1 N–H and O–H groups in total. The van der Waals surface area contributed by atoms with Gasteiger partial charge in [0.25, 0.3) is 5.56 Å². The second kappa shape index (κ2) is 10.1. The number of halogens is 1. The standard InChI is InChI=1S/C27H27ClN4O3/c1-3-32-25-18(16-29-27(31-25)30-19-10-12-35-13-11-19)14-22(26(32)33)21-9-8-17(15-23(21)28)20-6-4-5-7-24(20)34-2/h4-9,14-16,19H,3,10-13H2,1-2H3,(H,29,30,31). The fourth-order valence-electron chi connectivity index (χ4n) is 4.52. The van der Waals surface area contributed by atoms with Gasteiger partial charge in [0.05, 0.1) is 7.11 Å². The van der Waals surface area contributed by atoms with Crippen LogP contribution in [0.1, 0.15) is 19.8 Å². The highest BCUT2D eigenvalue weighted by Crippen LogP contribution is 2.35. The van der Waals surface area contributed by atoms with Gasteiger partial charge in [-0.15, -0.1) is 0 Å². The minimum absolute atomic E-state index is 0.136. The van der Waals surface area contributed by atoms with E-state index in [1.165, 1.54) is 0 Å². The summed E-state index contributed by atoms with van der Waals surface area (Å²) in [5, 5.41) is 4.65. The van der Waals surface area contributed by atoms with Crippen LogP contribution in [-0.4, -0.2) is 40.9 Å². The molecule has 1 aliphatic heterocycles. The lowest BCUT2D eigenvalue weighted by atomic mass is 9.99. The van der Waals surface area contributed by atoms with E-state index in [9.17, 15) is 4.79 Å². The Morgan fingerprint density at radius 3 is 2.66 bits per heavy atom. The highest BCUT2D eigenvalue weighted by molar-refractivity contribution is 6.33. The molecule has 8 heteroatoms. The first-order chi connectivity index (χ1) is 17.1. The maximum atomic E-state index is 13.5. The predicted molar refractivity (Wildman–Crippen MR) is 139 cm³/mol. The summed E-state index contributed by atoms with van der Waals surface area (Å²) >= 11 is 6.72. The molecule has 3 heterocycles. The molecule has 0 bridgehead atoms. The molecule has 5 rings (SSSR count). The molecular weight excluding hydrogens is 464 g/mol. The van der Waals surface area contributed by atoms with Crippen LogP contribution in [0.3, 0.4) is 0 Å². The third-order valence-corrected chi connectivity index (χ3v) is 6.69. The largest absolute Gasteiger partial charge is 0.496 e. The molecule has 0 spiro atoms. The van der Waals surface area contributed by atoms with E-state index >= 15 is 0 Å². The van der Waals surface area contributed by atoms with Gasteiger partial charge in [0.1, 0.15) is 11.4 Å². The Labute approximate surface area is 208 Å². The smallest absolute Gasteiger partial charge is 0.260 e. The van der Waals surface area contributed by atoms with Crippen molar-refractivity contribution in [3.63, 3.8) is 0 Å². The average Bonchev–Trinajstić information content (AvgIpc) is 2.89. The van der Waals surface area contributed by atoms with Crippen LogP contribution in [0.5, 0.6) is 5.75 Å². The molecule has 2 aromatic heterocycles. The molecule has 0 radical (unpaired) electrons. The van der Waals surface area contributed by atoms with Crippen molar-refractivity contribution in [1.82, 2.24) is 14.5 Å². The summed E-state index contributed by atoms with van der Waals surface area (Å²) in [6.45, 7) is 3.87. The zero-order chi connectivity index (χ0) is 24.4. The van der Waals surface area contributed by atoms with E-state index in [-0.39, 0.29) is 11.6 Å². The minimum Gasteiger partial charge on any atom is -0.496 e. The van der Waals surface area contributed by atoms with E-state index in [1.54, 1.807) is 17.9 Å². The van der Waals surface area contributed by atoms with Crippen molar-refractivity contribution in [2.75, 3.05) is 25.6 Å². The third-order valence-electron chi connectivity index (χ3n) is 6.37. The molecule has 0 unspecified atom stereocenters. The number of fused-ring (bicyclic) bond motifs is 1. The summed E-state index contributed by atoms with van der Waals surface area (Å²) in [4.78, 5) is 22.7. The lowest BCUT2D eigenvalue weighted by Gasteiger charge is -2.23. The van der Waals surface area contributed by atoms with Gasteiger partial charge < -0.3 is 14.8 Å². The van der Waals surface area contributed by atoms with E-state index in [0.717, 1.165) is 48.3 Å². The number of rotatable bonds is 6. The number of hydrogen-bond donors (Lipinski definition) is 1. The SMILES string of the molecule is CCn1c(=O)c(-c2ccc(-c3ccccc3OC)cc2Cl)cc2cnc(NC3CCOCC3)nc21. The van der Waals surface area contributed by atoms with Crippen LogP contribution in [0.15, 0.2) is 59.5 Å². The zero-order valence-corrected chi connectivity index (χ0v) is 20.5. The highest BCUT2D eigenvalue weighted by atomic mass is 35.5. The van der Waals surface area contributed by atoms with E-state index in [1.807, 2.05) is 55.5 Å². The number of ether oxygens (including phenoxy) is 2. The summed E-state index contributed by atoms with van der Waals surface area (Å²) in [7, 11) is 1.64. The quantitative estimate of drug-likeness (QED) is 0.390. The van der Waals surface area contributed by atoms with Gasteiger partial charge in [0, 0.05) is 59.1 Å². The molecule has 0 amide bonds. The van der Waals surface area contributed by atoms with E-state index in [4.69, 9.17) is 21.1 Å². The molecule has 4 aromatic rings. The topological polar surface area (TPSA) is 78.3 Å². The van der Waals surface area contributed by atoms with Gasteiger partial charge in [0.2, 0.25) is 5.95 Å². The van der Waals surface area contributed by atoms with Gasteiger partial charge in [-0.1, -0.05) is 41.9 Å². The monoisotopic (exact) mass is 490 g/mol. The normalized spacial score (nSPS) is 14.3. The van der Waals surface area contributed by atoms with Crippen molar-refractivity contribution in [2.45, 2.75) is 32.4 Å². The fraction of sp³-hybridized carbons (Fsp3) is 0.296. The Balaban J connectivity index is 1.54. The first kappa shape index (κ1) is 23.3. The van der Waals surface area contributed by atoms with E-state index in [0.29, 0.717) is 34.3 Å². The first-order valence-corrected chi connectivity index (χ1v) is 12.1. The highest BCUT2D eigenvalue weighted by Gasteiger charge is 2.18. The van der Waals surface area contributed by atoms with Gasteiger partial charge in [-0.3, -0.25) is 9.36 Å². The Morgan fingerprint density at radius 1 is 1.11 bits per heavy atom. The Bertz CT molecular complexity index is 1430. The number of aryl methyl sites for hydroxylation is 1. The maximum absolute atomic E-state index is 13.5. The van der Waals surface area contributed by atoms with Crippen molar-refractivity contribution in [2.24, 2.45) is 0 Å².